The molecule has 0 bridgehead atoms. The Kier molecular flexibility index (Phi) is 13.8. The molecule has 0 fully saturated rings. The molecule has 326 valence electrons. The number of nitrogens with zero attached hydrogens (tertiary/aromatic N) is 4. The van der Waals surface area contributed by atoms with Crippen LogP contribution in [-0.4, -0.2) is 62.3 Å². The minimum absolute atomic E-state index is 0.00278. The number of nitrogens with one attached hydrogen (secondary N) is 2. The number of hydrogen-bond donors (Lipinski definition) is 3. The zero-order chi connectivity index (χ0) is 45.1. The van der Waals surface area contributed by atoms with Gasteiger partial charge in [0.05, 0.1) is 42.7 Å². The Morgan fingerprint density at radius 3 is 1.57 bits per heavy atom. The molecule has 63 heavy (non-hydrogen) atoms. The van der Waals surface area contributed by atoms with Crippen molar-refractivity contribution in [3.8, 4) is 11.5 Å². The predicted molar refractivity (Wildman–Crippen MR) is 251 cm³/mol. The number of fused-ring (bicyclic) bond motifs is 2. The number of amidine groups is 2. The molecule has 2 atom stereocenters. The highest BCUT2D eigenvalue weighted by molar-refractivity contribution is 14.1. The van der Waals surface area contributed by atoms with Crippen LogP contribution in [0.2, 0.25) is 0 Å². The van der Waals surface area contributed by atoms with Crippen molar-refractivity contribution in [3.63, 3.8) is 0 Å². The summed E-state index contributed by atoms with van der Waals surface area (Å²) in [6.07, 6.45) is 6.68. The maximum Gasteiger partial charge on any atom is 0.286 e. The van der Waals surface area contributed by atoms with E-state index in [1.807, 2.05) is 83.3 Å². The first-order valence-electron chi connectivity index (χ1n) is 19.1. The molecule has 0 radical (unpaired) electrons. The van der Waals surface area contributed by atoms with Crippen LogP contribution in [0.3, 0.4) is 0 Å². The van der Waals surface area contributed by atoms with Gasteiger partial charge in [-0.05, 0) is 155 Å². The van der Waals surface area contributed by atoms with Gasteiger partial charge in [-0.2, -0.15) is 16.8 Å². The first-order chi connectivity index (χ1) is 30.0. The highest BCUT2D eigenvalue weighted by atomic mass is 127. The number of ether oxygens (including phenoxy) is 1. The summed E-state index contributed by atoms with van der Waals surface area (Å²) < 4.78 is 75.5. The Labute approximate surface area is 390 Å². The van der Waals surface area contributed by atoms with Gasteiger partial charge in [0.25, 0.3) is 20.0 Å². The number of phenolic OH excluding ortho intramolecular Hbond substituents is 1. The van der Waals surface area contributed by atoms with Crippen molar-refractivity contribution in [1.82, 2.24) is 9.97 Å². The number of Topliss-reactive ketones (excluding diaryl/α,β-unsaturated/α-hetero) is 2. The molecule has 0 saturated carbocycles. The molecule has 16 nitrogen and oxygen atoms in total. The third kappa shape index (κ3) is 10.8. The number of benzene rings is 4. The number of hydrogen-bond acceptors (Lipinski definition) is 14. The minimum atomic E-state index is -3.97. The number of ketones is 2. The SMILES string of the molecule is COc1cc(C)cc(C(CCC(=O)C2=NS(=O)(=O)c3cc(I)ccc3N2)c2ncco2)c1.Cc1cc(O)cc(C(CCC(=O)C2=NS(=O)(=O)c3cc(I)ccc3N2)c2ncco2)c1. The van der Waals surface area contributed by atoms with Crippen LogP contribution in [-0.2, 0) is 29.6 Å². The summed E-state index contributed by atoms with van der Waals surface area (Å²) in [6, 6.07) is 20.7. The Morgan fingerprint density at radius 1 is 0.683 bits per heavy atom. The van der Waals surface area contributed by atoms with Crippen LogP contribution in [0.25, 0.3) is 0 Å². The molecule has 4 aromatic carbocycles. The molecule has 0 saturated heterocycles. The normalized spacial score (nSPS) is 15.4. The van der Waals surface area contributed by atoms with Crippen molar-refractivity contribution in [3.05, 3.63) is 139 Å². The zero-order valence-corrected chi connectivity index (χ0v) is 39.7. The molecule has 0 spiro atoms. The van der Waals surface area contributed by atoms with Crippen molar-refractivity contribution in [2.45, 2.75) is 61.2 Å². The number of sulfonamides is 2. The van der Waals surface area contributed by atoms with E-state index in [1.54, 1.807) is 49.7 Å². The second-order valence-electron chi connectivity index (χ2n) is 14.5. The van der Waals surface area contributed by atoms with Crippen LogP contribution < -0.4 is 15.4 Å². The fraction of sp³-hybridized carbons (Fsp3) is 0.209. The molecule has 8 rings (SSSR count). The molecule has 3 N–H and O–H groups in total. The number of oxazole rings is 2. The average molecular weight is 1120 g/mol. The van der Waals surface area contributed by atoms with Crippen molar-refractivity contribution < 1.29 is 45.1 Å². The number of aryl methyl sites for hydroxylation is 2. The van der Waals surface area contributed by atoms with Gasteiger partial charge in [0.2, 0.25) is 11.8 Å². The van der Waals surface area contributed by atoms with Crippen LogP contribution in [0.15, 0.2) is 125 Å². The number of rotatable bonds is 13. The average Bonchev–Trinajstić information content (AvgIpc) is 3.97. The lowest BCUT2D eigenvalue weighted by Gasteiger charge is -2.19. The summed E-state index contributed by atoms with van der Waals surface area (Å²) in [5.74, 6) is -0.280. The summed E-state index contributed by atoms with van der Waals surface area (Å²) in [7, 11) is -6.33. The van der Waals surface area contributed by atoms with E-state index in [0.717, 1.165) is 29.4 Å². The summed E-state index contributed by atoms with van der Waals surface area (Å²) in [4.78, 5) is 34.3. The van der Waals surface area contributed by atoms with Gasteiger partial charge >= 0.3 is 0 Å². The van der Waals surface area contributed by atoms with Gasteiger partial charge in [-0.25, -0.2) is 9.97 Å². The van der Waals surface area contributed by atoms with Gasteiger partial charge in [0, 0.05) is 20.0 Å². The Morgan fingerprint density at radius 2 is 1.14 bits per heavy atom. The highest BCUT2D eigenvalue weighted by Crippen LogP contribution is 2.35. The van der Waals surface area contributed by atoms with E-state index < -0.39 is 31.6 Å². The number of phenols is 1. The van der Waals surface area contributed by atoms with E-state index in [2.05, 4.69) is 29.4 Å². The number of carbonyl (C=O) groups is 2. The van der Waals surface area contributed by atoms with Crippen LogP contribution in [0, 0.1) is 21.0 Å². The molecule has 6 aromatic rings. The highest BCUT2D eigenvalue weighted by Gasteiger charge is 2.31. The number of methoxy groups -OCH3 is 1. The number of halogens is 2. The summed E-state index contributed by atoms with van der Waals surface area (Å²) in [5, 5.41) is 15.7. The van der Waals surface area contributed by atoms with Crippen molar-refractivity contribution in [2.75, 3.05) is 17.7 Å². The minimum Gasteiger partial charge on any atom is -0.508 e. The van der Waals surface area contributed by atoms with Gasteiger partial charge < -0.3 is 29.3 Å². The van der Waals surface area contributed by atoms with E-state index in [-0.39, 0.29) is 51.9 Å². The van der Waals surface area contributed by atoms with Gasteiger partial charge in [-0.15, -0.1) is 8.80 Å². The van der Waals surface area contributed by atoms with Gasteiger partial charge in [0.15, 0.2) is 23.2 Å². The number of anilines is 2. The molecular formula is C43H38I2N6O10S2. The number of aromatic hydroxyl groups is 1. The molecule has 20 heteroatoms. The van der Waals surface area contributed by atoms with E-state index in [9.17, 15) is 31.5 Å². The number of aromatic nitrogens is 2. The van der Waals surface area contributed by atoms with Gasteiger partial charge in [-0.3, -0.25) is 9.59 Å². The van der Waals surface area contributed by atoms with Crippen molar-refractivity contribution >= 4 is 99.8 Å². The van der Waals surface area contributed by atoms with Crippen LogP contribution in [0.4, 0.5) is 11.4 Å². The zero-order valence-electron chi connectivity index (χ0n) is 33.7. The molecule has 2 aliphatic rings. The monoisotopic (exact) mass is 1120 g/mol. The fourth-order valence-corrected chi connectivity index (χ4v) is 10.8. The lowest BCUT2D eigenvalue weighted by Crippen LogP contribution is -2.29. The molecule has 2 unspecified atom stereocenters. The lowest BCUT2D eigenvalue weighted by molar-refractivity contribution is -0.113. The Balaban J connectivity index is 0.000000189. The summed E-state index contributed by atoms with van der Waals surface area (Å²) in [6.45, 7) is 3.80. The first-order valence-corrected chi connectivity index (χ1v) is 24.2. The second kappa shape index (κ2) is 19.1. The van der Waals surface area contributed by atoms with Gasteiger partial charge in [-0.1, -0.05) is 12.1 Å². The van der Waals surface area contributed by atoms with E-state index in [1.165, 1.54) is 30.9 Å². The second-order valence-corrected chi connectivity index (χ2v) is 20.2. The molecule has 4 heterocycles. The lowest BCUT2D eigenvalue weighted by atomic mass is 9.91. The smallest absolute Gasteiger partial charge is 0.286 e. The van der Waals surface area contributed by atoms with Crippen molar-refractivity contribution in [2.24, 2.45) is 8.80 Å². The number of carbonyl (C=O) groups excluding carboxylic acids is 2. The molecule has 2 aromatic heterocycles. The van der Waals surface area contributed by atoms with E-state index in [0.29, 0.717) is 41.7 Å². The maximum absolute atomic E-state index is 12.9. The summed E-state index contributed by atoms with van der Waals surface area (Å²) in [5.41, 5.74) is 4.16. The maximum atomic E-state index is 12.9. The molecular weight excluding hydrogens is 1080 g/mol. The third-order valence-corrected chi connectivity index (χ3v) is 13.9. The van der Waals surface area contributed by atoms with Crippen molar-refractivity contribution in [1.29, 1.82) is 0 Å². The molecule has 2 aliphatic heterocycles. The Bertz CT molecular complexity index is 2970. The van der Waals surface area contributed by atoms with Gasteiger partial charge in [0.1, 0.15) is 33.8 Å². The van der Waals surface area contributed by atoms with E-state index >= 15 is 0 Å². The molecule has 0 aliphatic carbocycles. The van der Waals surface area contributed by atoms with E-state index in [4.69, 9.17) is 13.6 Å². The largest absolute Gasteiger partial charge is 0.508 e. The van der Waals surface area contributed by atoms with Crippen LogP contribution >= 0.6 is 45.2 Å². The fourth-order valence-electron chi connectivity index (χ4n) is 7.06. The first kappa shape index (κ1) is 45.6. The summed E-state index contributed by atoms with van der Waals surface area (Å²) >= 11 is 4.04. The topological polar surface area (TPSA) is 233 Å². The standard InChI is InChI=1S/C22H20IN3O5S.C21H18IN3O5S/c1-13-9-14(11-16(10-13)30-2)17(22-24-7-8-31-22)4-6-19(27)21-25-18-5-3-15(23)12-20(18)32(28,29)26-21;1-12-8-13(10-15(26)9-12)16(21-23-6-7-30-21)3-5-18(27)20-24-17-4-2-14(22)11-19(17)31(28,29)25-20/h3,5,7-12,17H,4,6H2,1-2H3,(H,25,26);2,4,6-11,16,26H,3,5H2,1H3,(H,24,25). The quantitative estimate of drug-likeness (QED) is 0.0924. The predicted octanol–water partition coefficient (Wildman–Crippen LogP) is 8.28. The Hall–Kier alpha value is -5.46. The molecule has 0 amide bonds. The van der Waals surface area contributed by atoms with Crippen LogP contribution in [0.1, 0.15) is 71.6 Å². The third-order valence-electron chi connectivity index (χ3n) is 9.92. The van der Waals surface area contributed by atoms with Crippen LogP contribution in [0.5, 0.6) is 11.5 Å².